The first-order chi connectivity index (χ1) is 11.6. The van der Waals surface area contributed by atoms with E-state index in [0.29, 0.717) is 12.8 Å². The number of primary amides is 1. The summed E-state index contributed by atoms with van der Waals surface area (Å²) >= 11 is 0. The van der Waals surface area contributed by atoms with Crippen molar-refractivity contribution in [3.63, 3.8) is 0 Å². The average molecular weight is 319 g/mol. The second-order valence-electron chi connectivity index (χ2n) is 6.03. The van der Waals surface area contributed by atoms with Crippen molar-refractivity contribution in [2.75, 3.05) is 0 Å². The number of nitrogens with two attached hydrogens (primary N) is 1. The van der Waals surface area contributed by atoms with Crippen molar-refractivity contribution in [2.45, 2.75) is 25.7 Å². The van der Waals surface area contributed by atoms with Crippen molar-refractivity contribution < 1.29 is 9.90 Å². The molecule has 0 radical (unpaired) electrons. The monoisotopic (exact) mass is 319 g/mol. The molecule has 0 bridgehead atoms. The molecule has 3 N–H and O–H groups in total. The maximum atomic E-state index is 11.2. The van der Waals surface area contributed by atoms with E-state index in [2.05, 4.69) is 36.4 Å². The largest absolute Gasteiger partial charge is 0.508 e. The summed E-state index contributed by atoms with van der Waals surface area (Å²) in [7, 11) is 0. The van der Waals surface area contributed by atoms with Gasteiger partial charge in [0.25, 0.3) is 0 Å². The Hall–Kier alpha value is -2.81. The maximum Gasteiger partial charge on any atom is 0.217 e. The van der Waals surface area contributed by atoms with E-state index in [1.807, 2.05) is 12.1 Å². The molecule has 0 spiro atoms. The first-order valence-electron chi connectivity index (χ1n) is 8.21. The Bertz CT molecular complexity index is 818. The predicted molar refractivity (Wildman–Crippen MR) is 97.4 cm³/mol. The molecule has 0 saturated heterocycles. The number of benzene rings is 2. The van der Waals surface area contributed by atoms with E-state index in [4.69, 9.17) is 5.73 Å². The summed E-state index contributed by atoms with van der Waals surface area (Å²) in [6, 6.07) is 13.5. The molecule has 0 fully saturated rings. The minimum atomic E-state index is -0.306. The van der Waals surface area contributed by atoms with Crippen LogP contribution in [-0.4, -0.2) is 11.0 Å². The molecule has 0 atom stereocenters. The van der Waals surface area contributed by atoms with Crippen LogP contribution < -0.4 is 5.73 Å². The van der Waals surface area contributed by atoms with Crippen LogP contribution in [0, 0.1) is 0 Å². The van der Waals surface area contributed by atoms with Gasteiger partial charge in [-0.1, -0.05) is 48.6 Å². The molecule has 3 rings (SSSR count). The van der Waals surface area contributed by atoms with Crippen LogP contribution in [0.5, 0.6) is 5.75 Å². The van der Waals surface area contributed by atoms with Gasteiger partial charge in [0.1, 0.15) is 5.75 Å². The summed E-state index contributed by atoms with van der Waals surface area (Å²) in [6.07, 6.45) is 9.60. The van der Waals surface area contributed by atoms with Gasteiger partial charge >= 0.3 is 0 Å². The normalized spacial score (nSPS) is 13.6. The highest BCUT2D eigenvalue weighted by Gasteiger charge is 2.10. The summed E-state index contributed by atoms with van der Waals surface area (Å²) in [5, 5.41) is 9.75. The van der Waals surface area contributed by atoms with Crippen LogP contribution in [0.2, 0.25) is 0 Å². The van der Waals surface area contributed by atoms with Crippen molar-refractivity contribution in [3.8, 4) is 16.9 Å². The standard InChI is InChI=1S/C21H21NO2/c22-21(24)12-10-18-13-16(15-5-2-1-3-6-15)9-11-20(18)17-7-4-8-19(23)14-17/h2,4-9,11,13-14,23H,1,3,10,12H2,(H2,22,24). The molecule has 1 amide bonds. The van der Waals surface area contributed by atoms with Crippen molar-refractivity contribution in [1.29, 1.82) is 0 Å². The number of hydrogen-bond donors (Lipinski definition) is 2. The van der Waals surface area contributed by atoms with Gasteiger partial charge in [-0.25, -0.2) is 0 Å². The van der Waals surface area contributed by atoms with Gasteiger partial charge < -0.3 is 10.8 Å². The molecule has 2 aromatic carbocycles. The minimum absolute atomic E-state index is 0.232. The zero-order valence-corrected chi connectivity index (χ0v) is 13.5. The number of aromatic hydroxyl groups is 1. The molecule has 0 heterocycles. The van der Waals surface area contributed by atoms with Gasteiger partial charge in [0.15, 0.2) is 0 Å². The van der Waals surface area contributed by atoms with Crippen molar-refractivity contribution in [3.05, 3.63) is 71.8 Å². The molecule has 3 nitrogen and oxygen atoms in total. The molecule has 122 valence electrons. The highest BCUT2D eigenvalue weighted by Crippen LogP contribution is 2.31. The quantitative estimate of drug-likeness (QED) is 0.867. The number of carbonyl (C=O) groups is 1. The van der Waals surface area contributed by atoms with E-state index in [-0.39, 0.29) is 11.7 Å². The highest BCUT2D eigenvalue weighted by molar-refractivity contribution is 5.79. The Balaban J connectivity index is 2.02. The molecule has 24 heavy (non-hydrogen) atoms. The lowest BCUT2D eigenvalue weighted by Gasteiger charge is -2.14. The van der Waals surface area contributed by atoms with Gasteiger partial charge in [-0.05, 0) is 59.2 Å². The fraction of sp³-hybridized carbons (Fsp3) is 0.190. The number of rotatable bonds is 5. The van der Waals surface area contributed by atoms with Gasteiger partial charge in [0.05, 0.1) is 0 Å². The number of allylic oxidation sites excluding steroid dienone is 4. The molecule has 2 aromatic rings. The third-order valence-corrected chi connectivity index (χ3v) is 4.23. The molecule has 1 aliphatic carbocycles. The van der Waals surface area contributed by atoms with E-state index >= 15 is 0 Å². The van der Waals surface area contributed by atoms with Crippen LogP contribution in [0.25, 0.3) is 16.7 Å². The molecule has 0 unspecified atom stereocenters. The predicted octanol–water partition coefficient (Wildman–Crippen LogP) is 4.21. The first kappa shape index (κ1) is 16.1. The Morgan fingerprint density at radius 2 is 1.96 bits per heavy atom. The van der Waals surface area contributed by atoms with Gasteiger partial charge in [-0.3, -0.25) is 4.79 Å². The SMILES string of the molecule is NC(=O)CCc1cc(C2=CCCC=C2)ccc1-c1cccc(O)c1. The van der Waals surface area contributed by atoms with Crippen LogP contribution in [-0.2, 0) is 11.2 Å². The Labute approximate surface area is 142 Å². The number of phenolic OH excluding ortho intramolecular Hbond substituents is 1. The second-order valence-corrected chi connectivity index (χ2v) is 6.03. The van der Waals surface area contributed by atoms with E-state index in [9.17, 15) is 9.90 Å². The third kappa shape index (κ3) is 3.74. The van der Waals surface area contributed by atoms with Crippen LogP contribution in [0.4, 0.5) is 0 Å². The number of amides is 1. The van der Waals surface area contributed by atoms with Crippen LogP contribution in [0.3, 0.4) is 0 Å². The van der Waals surface area contributed by atoms with Crippen molar-refractivity contribution in [1.82, 2.24) is 0 Å². The van der Waals surface area contributed by atoms with Crippen LogP contribution >= 0.6 is 0 Å². The molecule has 0 aliphatic heterocycles. The number of aryl methyl sites for hydroxylation is 1. The number of phenols is 1. The summed E-state index contributed by atoms with van der Waals surface area (Å²) in [6.45, 7) is 0. The van der Waals surface area contributed by atoms with Crippen molar-refractivity contribution in [2.24, 2.45) is 5.73 Å². The van der Waals surface area contributed by atoms with Gasteiger partial charge in [0, 0.05) is 6.42 Å². The summed E-state index contributed by atoms with van der Waals surface area (Å²) < 4.78 is 0. The smallest absolute Gasteiger partial charge is 0.217 e. The Morgan fingerprint density at radius 3 is 2.67 bits per heavy atom. The minimum Gasteiger partial charge on any atom is -0.508 e. The zero-order chi connectivity index (χ0) is 16.9. The highest BCUT2D eigenvalue weighted by atomic mass is 16.3. The maximum absolute atomic E-state index is 11.2. The van der Waals surface area contributed by atoms with Gasteiger partial charge in [0.2, 0.25) is 5.91 Å². The van der Waals surface area contributed by atoms with Crippen molar-refractivity contribution >= 4 is 11.5 Å². The van der Waals surface area contributed by atoms with E-state index in [1.54, 1.807) is 12.1 Å². The lowest BCUT2D eigenvalue weighted by molar-refractivity contribution is -0.117. The Morgan fingerprint density at radius 1 is 1.08 bits per heavy atom. The second kappa shape index (κ2) is 7.18. The molecule has 1 aliphatic rings. The topological polar surface area (TPSA) is 63.3 Å². The lowest BCUT2D eigenvalue weighted by atomic mass is 9.91. The average Bonchev–Trinajstić information content (AvgIpc) is 2.60. The fourth-order valence-electron chi connectivity index (χ4n) is 3.02. The van der Waals surface area contributed by atoms with Gasteiger partial charge in [-0.15, -0.1) is 0 Å². The zero-order valence-electron chi connectivity index (χ0n) is 13.5. The van der Waals surface area contributed by atoms with Crippen LogP contribution in [0.15, 0.2) is 60.7 Å². The fourth-order valence-corrected chi connectivity index (χ4v) is 3.02. The number of hydrogen-bond acceptors (Lipinski definition) is 2. The molecular weight excluding hydrogens is 298 g/mol. The van der Waals surface area contributed by atoms with Crippen LogP contribution in [0.1, 0.15) is 30.4 Å². The van der Waals surface area contributed by atoms with E-state index in [1.165, 1.54) is 5.57 Å². The molecule has 3 heteroatoms. The molecule has 0 saturated carbocycles. The van der Waals surface area contributed by atoms with E-state index in [0.717, 1.165) is 35.1 Å². The number of carbonyl (C=O) groups excluding carboxylic acids is 1. The third-order valence-electron chi connectivity index (χ3n) is 4.23. The summed E-state index contributed by atoms with van der Waals surface area (Å²) in [5.74, 6) is -0.0746. The summed E-state index contributed by atoms with van der Waals surface area (Å²) in [4.78, 5) is 11.2. The van der Waals surface area contributed by atoms with E-state index < -0.39 is 0 Å². The summed E-state index contributed by atoms with van der Waals surface area (Å²) in [5.41, 5.74) is 10.7. The lowest BCUT2D eigenvalue weighted by Crippen LogP contribution is -2.11. The Kier molecular flexibility index (Phi) is 4.80. The molecule has 0 aromatic heterocycles. The molecular formula is C21H21NO2. The van der Waals surface area contributed by atoms with Gasteiger partial charge in [-0.2, -0.15) is 0 Å². The first-order valence-corrected chi connectivity index (χ1v) is 8.21.